The van der Waals surface area contributed by atoms with Gasteiger partial charge < -0.3 is 20.3 Å². The van der Waals surface area contributed by atoms with Gasteiger partial charge in [-0.1, -0.05) is 6.07 Å². The van der Waals surface area contributed by atoms with E-state index in [-0.39, 0.29) is 12.5 Å². The van der Waals surface area contributed by atoms with E-state index in [0.29, 0.717) is 30.5 Å². The molecule has 2 heterocycles. The number of aliphatic hydroxyl groups excluding tert-OH is 1. The van der Waals surface area contributed by atoms with Gasteiger partial charge in [-0.15, -0.1) is 0 Å². The van der Waals surface area contributed by atoms with Crippen LogP contribution < -0.4 is 15.2 Å². The van der Waals surface area contributed by atoms with Gasteiger partial charge in [0.15, 0.2) is 17.3 Å². The Morgan fingerprint density at radius 3 is 2.57 bits per heavy atom. The second-order valence-electron chi connectivity index (χ2n) is 4.80. The molecule has 2 unspecified atom stereocenters. The van der Waals surface area contributed by atoms with Crippen LogP contribution in [0, 0.1) is 0 Å². The Morgan fingerprint density at radius 2 is 1.86 bits per heavy atom. The molecule has 2 aromatic rings. The minimum atomic E-state index is -0.862. The third-order valence-corrected chi connectivity index (χ3v) is 3.48. The molecule has 1 aromatic carbocycles. The van der Waals surface area contributed by atoms with Crippen molar-refractivity contribution in [3.05, 3.63) is 48.0 Å². The number of benzene rings is 1. The predicted octanol–water partition coefficient (Wildman–Crippen LogP) is 1.02. The summed E-state index contributed by atoms with van der Waals surface area (Å²) in [6.45, 7) is 1.35. The molecule has 6 heteroatoms. The Labute approximate surface area is 122 Å². The molecule has 21 heavy (non-hydrogen) atoms. The van der Waals surface area contributed by atoms with Crippen LogP contribution >= 0.6 is 0 Å². The summed E-state index contributed by atoms with van der Waals surface area (Å²) in [5.74, 6) is 1.45. The SMILES string of the molecule is NCC(c1ccc2c(c1)OCCO2)C(O)c1ncccn1. The molecular formula is C15H17N3O3. The van der Waals surface area contributed by atoms with Gasteiger partial charge in [-0.25, -0.2) is 9.97 Å². The first-order valence-electron chi connectivity index (χ1n) is 6.84. The largest absolute Gasteiger partial charge is 0.486 e. The average molecular weight is 287 g/mol. The first kappa shape index (κ1) is 13.8. The van der Waals surface area contributed by atoms with Crippen LogP contribution in [0.2, 0.25) is 0 Å². The first-order chi connectivity index (χ1) is 10.3. The number of ether oxygens (including phenoxy) is 2. The number of nitrogens with two attached hydrogens (primary N) is 1. The Morgan fingerprint density at radius 1 is 1.14 bits per heavy atom. The average Bonchev–Trinajstić information content (AvgIpc) is 2.56. The van der Waals surface area contributed by atoms with E-state index < -0.39 is 6.10 Å². The second-order valence-corrected chi connectivity index (χ2v) is 4.80. The number of rotatable bonds is 4. The summed E-state index contributed by atoms with van der Waals surface area (Å²) in [5, 5.41) is 10.5. The second kappa shape index (κ2) is 6.07. The van der Waals surface area contributed by atoms with Gasteiger partial charge in [0, 0.05) is 24.9 Å². The van der Waals surface area contributed by atoms with Crippen molar-refractivity contribution in [2.24, 2.45) is 5.73 Å². The van der Waals surface area contributed by atoms with Crippen molar-refractivity contribution in [3.63, 3.8) is 0 Å². The predicted molar refractivity (Wildman–Crippen MR) is 76.2 cm³/mol. The zero-order valence-corrected chi connectivity index (χ0v) is 11.5. The minimum absolute atomic E-state index is 0.277. The van der Waals surface area contributed by atoms with Crippen molar-refractivity contribution in [3.8, 4) is 11.5 Å². The van der Waals surface area contributed by atoms with Gasteiger partial charge in [-0.3, -0.25) is 0 Å². The standard InChI is InChI=1S/C15H17N3O3/c16-9-11(14(19)15-17-4-1-5-18-15)10-2-3-12-13(8-10)21-7-6-20-12/h1-5,8,11,14,19H,6-7,9,16H2. The number of nitrogens with zero attached hydrogens (tertiary/aromatic N) is 2. The van der Waals surface area contributed by atoms with Crippen LogP contribution in [0.5, 0.6) is 11.5 Å². The number of aliphatic hydroxyl groups is 1. The first-order valence-corrected chi connectivity index (χ1v) is 6.84. The maximum atomic E-state index is 10.5. The summed E-state index contributed by atoms with van der Waals surface area (Å²) in [4.78, 5) is 8.18. The molecule has 0 bridgehead atoms. The zero-order chi connectivity index (χ0) is 14.7. The summed E-state index contributed by atoms with van der Waals surface area (Å²) in [7, 11) is 0. The van der Waals surface area contributed by atoms with Gasteiger partial charge in [0.05, 0.1) is 0 Å². The molecule has 1 aromatic heterocycles. The molecule has 1 aliphatic heterocycles. The molecule has 3 rings (SSSR count). The summed E-state index contributed by atoms with van der Waals surface area (Å²) in [6, 6.07) is 7.29. The van der Waals surface area contributed by atoms with Gasteiger partial charge in [-0.2, -0.15) is 0 Å². The summed E-state index contributed by atoms with van der Waals surface area (Å²) < 4.78 is 11.1. The fraction of sp³-hybridized carbons (Fsp3) is 0.333. The third kappa shape index (κ3) is 2.81. The number of aromatic nitrogens is 2. The lowest BCUT2D eigenvalue weighted by atomic mass is 9.92. The fourth-order valence-electron chi connectivity index (χ4n) is 2.38. The van der Waals surface area contributed by atoms with Gasteiger partial charge in [0.25, 0.3) is 0 Å². The van der Waals surface area contributed by atoms with Gasteiger partial charge in [-0.05, 0) is 23.8 Å². The molecular weight excluding hydrogens is 270 g/mol. The van der Waals surface area contributed by atoms with E-state index in [9.17, 15) is 5.11 Å². The molecule has 0 aliphatic carbocycles. The van der Waals surface area contributed by atoms with E-state index in [2.05, 4.69) is 9.97 Å². The van der Waals surface area contributed by atoms with E-state index in [1.807, 2.05) is 18.2 Å². The molecule has 0 spiro atoms. The normalized spacial score (nSPS) is 16.3. The highest BCUT2D eigenvalue weighted by Crippen LogP contribution is 2.36. The van der Waals surface area contributed by atoms with Crippen LogP contribution in [0.1, 0.15) is 23.4 Å². The molecule has 0 amide bonds. The highest BCUT2D eigenvalue weighted by molar-refractivity contribution is 5.45. The highest BCUT2D eigenvalue weighted by Gasteiger charge is 2.25. The van der Waals surface area contributed by atoms with E-state index in [0.717, 1.165) is 5.56 Å². The quantitative estimate of drug-likeness (QED) is 0.872. The van der Waals surface area contributed by atoms with E-state index in [4.69, 9.17) is 15.2 Å². The molecule has 0 fully saturated rings. The number of hydrogen-bond acceptors (Lipinski definition) is 6. The van der Waals surface area contributed by atoms with Crippen molar-refractivity contribution < 1.29 is 14.6 Å². The molecule has 110 valence electrons. The molecule has 0 saturated heterocycles. The van der Waals surface area contributed by atoms with Crippen LogP contribution in [-0.4, -0.2) is 34.8 Å². The number of fused-ring (bicyclic) bond motifs is 1. The van der Waals surface area contributed by atoms with E-state index >= 15 is 0 Å². The van der Waals surface area contributed by atoms with Crippen LogP contribution in [-0.2, 0) is 0 Å². The molecule has 6 nitrogen and oxygen atoms in total. The highest BCUT2D eigenvalue weighted by atomic mass is 16.6. The van der Waals surface area contributed by atoms with Crippen LogP contribution in [0.3, 0.4) is 0 Å². The lowest BCUT2D eigenvalue weighted by Gasteiger charge is -2.24. The van der Waals surface area contributed by atoms with Crippen LogP contribution in [0.25, 0.3) is 0 Å². The minimum Gasteiger partial charge on any atom is -0.486 e. The van der Waals surface area contributed by atoms with Crippen molar-refractivity contribution in [1.82, 2.24) is 9.97 Å². The maximum absolute atomic E-state index is 10.5. The van der Waals surface area contributed by atoms with Crippen molar-refractivity contribution >= 4 is 0 Å². The third-order valence-electron chi connectivity index (χ3n) is 3.48. The molecule has 0 radical (unpaired) electrons. The van der Waals surface area contributed by atoms with E-state index in [1.165, 1.54) is 0 Å². The lowest BCUT2D eigenvalue weighted by Crippen LogP contribution is -2.22. The summed E-state index contributed by atoms with van der Waals surface area (Å²) in [6.07, 6.45) is 2.34. The van der Waals surface area contributed by atoms with E-state index in [1.54, 1.807) is 18.5 Å². The van der Waals surface area contributed by atoms with Gasteiger partial charge >= 0.3 is 0 Å². The van der Waals surface area contributed by atoms with Crippen LogP contribution in [0.4, 0.5) is 0 Å². The Bertz CT molecular complexity index is 606. The van der Waals surface area contributed by atoms with Crippen molar-refractivity contribution in [1.29, 1.82) is 0 Å². The van der Waals surface area contributed by atoms with Gasteiger partial charge in [0.1, 0.15) is 19.3 Å². The topological polar surface area (TPSA) is 90.5 Å². The lowest BCUT2D eigenvalue weighted by molar-refractivity contribution is 0.137. The number of hydrogen-bond donors (Lipinski definition) is 2. The molecule has 3 N–H and O–H groups in total. The Kier molecular flexibility index (Phi) is 3.98. The summed E-state index contributed by atoms with van der Waals surface area (Å²) in [5.41, 5.74) is 6.71. The molecule has 1 aliphatic rings. The fourth-order valence-corrected chi connectivity index (χ4v) is 2.38. The maximum Gasteiger partial charge on any atom is 0.161 e. The van der Waals surface area contributed by atoms with Crippen LogP contribution in [0.15, 0.2) is 36.7 Å². The van der Waals surface area contributed by atoms with Crippen molar-refractivity contribution in [2.75, 3.05) is 19.8 Å². The van der Waals surface area contributed by atoms with Crippen molar-refractivity contribution in [2.45, 2.75) is 12.0 Å². The summed E-state index contributed by atoms with van der Waals surface area (Å²) >= 11 is 0. The monoisotopic (exact) mass is 287 g/mol. The Hall–Kier alpha value is -2.18. The Balaban J connectivity index is 1.89. The molecule has 0 saturated carbocycles. The van der Waals surface area contributed by atoms with Gasteiger partial charge in [0.2, 0.25) is 0 Å². The molecule has 2 atom stereocenters. The zero-order valence-electron chi connectivity index (χ0n) is 11.5. The smallest absolute Gasteiger partial charge is 0.161 e.